The van der Waals surface area contributed by atoms with Crippen LogP contribution in [0, 0.1) is 13.8 Å². The molecule has 1 aliphatic rings. The van der Waals surface area contributed by atoms with Gasteiger partial charge in [-0.15, -0.1) is 0 Å². The average Bonchev–Trinajstić information content (AvgIpc) is 2.20. The number of anilines is 1. The number of nitrogens with two attached hydrogens (primary N) is 2. The predicted octanol–water partition coefficient (Wildman–Crippen LogP) is 1.49. The molecule has 0 aromatic heterocycles. The van der Waals surface area contributed by atoms with Gasteiger partial charge in [0, 0.05) is 0 Å². The first kappa shape index (κ1) is 12.4. The molecule has 0 spiro atoms. The fraction of sp³-hybridized carbons (Fsp3) is 0.385. The van der Waals surface area contributed by atoms with Crippen LogP contribution in [0.2, 0.25) is 0 Å². The van der Waals surface area contributed by atoms with E-state index in [2.05, 4.69) is 9.98 Å². The number of nitrogens with zero attached hydrogens (tertiary/aromatic N) is 3. The van der Waals surface area contributed by atoms with Crippen molar-refractivity contribution in [1.29, 1.82) is 0 Å². The van der Waals surface area contributed by atoms with Crippen molar-refractivity contribution in [3.63, 3.8) is 0 Å². The molecule has 4 N–H and O–H groups in total. The highest BCUT2D eigenvalue weighted by Gasteiger charge is 2.34. The van der Waals surface area contributed by atoms with Crippen LogP contribution >= 0.6 is 0 Å². The molecule has 2 rings (SSSR count). The third-order valence-corrected chi connectivity index (χ3v) is 3.06. The topological polar surface area (TPSA) is 80.0 Å². The van der Waals surface area contributed by atoms with E-state index in [9.17, 15) is 0 Å². The Morgan fingerprint density at radius 2 is 1.67 bits per heavy atom. The zero-order valence-corrected chi connectivity index (χ0v) is 11.2. The van der Waals surface area contributed by atoms with Gasteiger partial charge in [-0.2, -0.15) is 4.99 Å². The van der Waals surface area contributed by atoms with Crippen LogP contribution in [0.25, 0.3) is 0 Å². The van der Waals surface area contributed by atoms with Gasteiger partial charge in [0.25, 0.3) is 0 Å². The quantitative estimate of drug-likeness (QED) is 0.786. The standard InChI is InChI=1S/C13H19N5/c1-8-6-5-7-9(2)10(8)18-12(15)16-11(14)17-13(18,3)4/h5-7H,1-4H3,(H4,14,15,16,17). The zero-order valence-electron chi connectivity index (χ0n) is 11.2. The molecular formula is C13H19N5. The van der Waals surface area contributed by atoms with Crippen molar-refractivity contribution in [2.75, 3.05) is 4.90 Å². The first-order valence-corrected chi connectivity index (χ1v) is 5.89. The molecule has 0 fully saturated rings. The number of guanidine groups is 2. The summed E-state index contributed by atoms with van der Waals surface area (Å²) in [5, 5.41) is 0. The first-order chi connectivity index (χ1) is 8.33. The second-order valence-electron chi connectivity index (χ2n) is 5.01. The molecule has 0 amide bonds. The molecule has 1 heterocycles. The minimum Gasteiger partial charge on any atom is -0.369 e. The number of aliphatic imine (C=N–C) groups is 2. The Morgan fingerprint density at radius 3 is 2.17 bits per heavy atom. The smallest absolute Gasteiger partial charge is 0.220 e. The van der Waals surface area contributed by atoms with Gasteiger partial charge in [0.2, 0.25) is 11.9 Å². The van der Waals surface area contributed by atoms with E-state index >= 15 is 0 Å². The lowest BCUT2D eigenvalue weighted by Crippen LogP contribution is -2.54. The lowest BCUT2D eigenvalue weighted by molar-refractivity contribution is 0.532. The molecule has 0 radical (unpaired) electrons. The Bertz CT molecular complexity index is 522. The monoisotopic (exact) mass is 245 g/mol. The van der Waals surface area contributed by atoms with E-state index in [-0.39, 0.29) is 5.96 Å². The molecule has 5 nitrogen and oxygen atoms in total. The molecule has 18 heavy (non-hydrogen) atoms. The summed E-state index contributed by atoms with van der Waals surface area (Å²) in [6, 6.07) is 6.12. The van der Waals surface area contributed by atoms with Gasteiger partial charge in [0.1, 0.15) is 5.66 Å². The lowest BCUT2D eigenvalue weighted by atomic mass is 10.0. The van der Waals surface area contributed by atoms with E-state index in [4.69, 9.17) is 11.5 Å². The molecule has 1 aromatic carbocycles. The third kappa shape index (κ3) is 1.92. The van der Waals surface area contributed by atoms with E-state index in [1.54, 1.807) is 0 Å². The van der Waals surface area contributed by atoms with Crippen molar-refractivity contribution < 1.29 is 0 Å². The fourth-order valence-electron chi connectivity index (χ4n) is 2.35. The van der Waals surface area contributed by atoms with Gasteiger partial charge in [0.15, 0.2) is 0 Å². The Hall–Kier alpha value is -2.04. The second kappa shape index (κ2) is 4.01. The zero-order chi connectivity index (χ0) is 13.5. The number of hydrogen-bond donors (Lipinski definition) is 2. The van der Waals surface area contributed by atoms with Crippen molar-refractivity contribution in [3.8, 4) is 0 Å². The number of para-hydroxylation sites is 1. The number of hydrogen-bond acceptors (Lipinski definition) is 5. The largest absolute Gasteiger partial charge is 0.369 e. The second-order valence-corrected chi connectivity index (χ2v) is 5.01. The number of benzene rings is 1. The summed E-state index contributed by atoms with van der Waals surface area (Å²) in [5.74, 6) is 0.602. The van der Waals surface area contributed by atoms with E-state index in [1.165, 1.54) is 0 Å². The van der Waals surface area contributed by atoms with E-state index < -0.39 is 5.66 Å². The summed E-state index contributed by atoms with van der Waals surface area (Å²) in [7, 11) is 0. The van der Waals surface area contributed by atoms with E-state index in [0.717, 1.165) is 16.8 Å². The Kier molecular flexibility index (Phi) is 2.77. The summed E-state index contributed by atoms with van der Waals surface area (Å²) >= 11 is 0. The van der Waals surface area contributed by atoms with Crippen LogP contribution in [-0.2, 0) is 0 Å². The minimum atomic E-state index is -0.535. The molecule has 0 bridgehead atoms. The third-order valence-electron chi connectivity index (χ3n) is 3.06. The molecule has 1 aromatic rings. The van der Waals surface area contributed by atoms with Gasteiger partial charge in [-0.05, 0) is 38.8 Å². The molecule has 96 valence electrons. The molecular weight excluding hydrogens is 226 g/mol. The maximum atomic E-state index is 6.03. The fourth-order valence-corrected chi connectivity index (χ4v) is 2.35. The molecule has 5 heteroatoms. The molecule has 1 aliphatic heterocycles. The molecule has 0 saturated heterocycles. The predicted molar refractivity (Wildman–Crippen MR) is 75.7 cm³/mol. The summed E-state index contributed by atoms with van der Waals surface area (Å²) < 4.78 is 0. The van der Waals surface area contributed by atoms with Crippen LogP contribution < -0.4 is 16.4 Å². The Morgan fingerprint density at radius 1 is 1.11 bits per heavy atom. The van der Waals surface area contributed by atoms with Gasteiger partial charge in [-0.3, -0.25) is 4.90 Å². The van der Waals surface area contributed by atoms with Gasteiger partial charge in [0.05, 0.1) is 5.69 Å². The maximum Gasteiger partial charge on any atom is 0.220 e. The highest BCUT2D eigenvalue weighted by Crippen LogP contribution is 2.32. The summed E-state index contributed by atoms with van der Waals surface area (Å²) in [4.78, 5) is 10.3. The summed E-state index contributed by atoms with van der Waals surface area (Å²) in [6.07, 6.45) is 0. The normalized spacial score (nSPS) is 18.3. The average molecular weight is 245 g/mol. The van der Waals surface area contributed by atoms with Gasteiger partial charge < -0.3 is 11.5 Å². The highest BCUT2D eigenvalue weighted by molar-refractivity contribution is 6.06. The van der Waals surface area contributed by atoms with Crippen LogP contribution in [0.1, 0.15) is 25.0 Å². The van der Waals surface area contributed by atoms with Crippen molar-refractivity contribution in [2.45, 2.75) is 33.4 Å². The van der Waals surface area contributed by atoms with Crippen LogP contribution in [0.5, 0.6) is 0 Å². The number of rotatable bonds is 1. The van der Waals surface area contributed by atoms with Crippen LogP contribution in [-0.4, -0.2) is 17.6 Å². The van der Waals surface area contributed by atoms with E-state index in [1.807, 2.05) is 50.8 Å². The molecule has 0 aliphatic carbocycles. The van der Waals surface area contributed by atoms with Gasteiger partial charge in [-0.1, -0.05) is 18.2 Å². The van der Waals surface area contributed by atoms with Crippen LogP contribution in [0.15, 0.2) is 28.2 Å². The van der Waals surface area contributed by atoms with Crippen molar-refractivity contribution >= 4 is 17.6 Å². The van der Waals surface area contributed by atoms with Crippen LogP contribution in [0.3, 0.4) is 0 Å². The summed E-state index contributed by atoms with van der Waals surface area (Å²) in [6.45, 7) is 8.03. The lowest BCUT2D eigenvalue weighted by Gasteiger charge is -2.40. The number of aryl methyl sites for hydroxylation is 2. The SMILES string of the molecule is Cc1cccc(C)c1N1C(N)=NC(N)=NC1(C)C. The highest BCUT2D eigenvalue weighted by atomic mass is 15.4. The minimum absolute atomic E-state index is 0.222. The Labute approximate surface area is 107 Å². The summed E-state index contributed by atoms with van der Waals surface area (Å²) in [5.41, 5.74) is 14.5. The maximum absolute atomic E-state index is 6.03. The Balaban J connectivity index is 2.61. The molecule has 0 saturated carbocycles. The van der Waals surface area contributed by atoms with Gasteiger partial charge in [-0.25, -0.2) is 4.99 Å². The van der Waals surface area contributed by atoms with E-state index in [0.29, 0.717) is 5.96 Å². The van der Waals surface area contributed by atoms with Gasteiger partial charge >= 0.3 is 0 Å². The van der Waals surface area contributed by atoms with Crippen molar-refractivity contribution in [1.82, 2.24) is 0 Å². The first-order valence-electron chi connectivity index (χ1n) is 5.89. The van der Waals surface area contributed by atoms with Crippen LogP contribution in [0.4, 0.5) is 5.69 Å². The van der Waals surface area contributed by atoms with Crippen molar-refractivity contribution in [2.24, 2.45) is 21.5 Å². The van der Waals surface area contributed by atoms with Crippen molar-refractivity contribution in [3.05, 3.63) is 29.3 Å². The molecule has 0 atom stereocenters. The molecule has 0 unspecified atom stereocenters.